The molecule has 2 aromatic heterocycles. The Bertz CT molecular complexity index is 1020. The Morgan fingerprint density at radius 3 is 2.72 bits per heavy atom. The van der Waals surface area contributed by atoms with Crippen LogP contribution < -0.4 is 10.9 Å². The maximum atomic E-state index is 12.7. The Labute approximate surface area is 151 Å². The number of fused-ring (bicyclic) bond motifs is 1. The van der Waals surface area contributed by atoms with E-state index >= 15 is 0 Å². The predicted octanol–water partition coefficient (Wildman–Crippen LogP) is 2.08. The minimum Gasteiger partial charge on any atom is -0.387 e. The van der Waals surface area contributed by atoms with Crippen LogP contribution in [0.15, 0.2) is 41.6 Å². The van der Waals surface area contributed by atoms with Gasteiger partial charge in [-0.05, 0) is 23.8 Å². The molecule has 0 unspecified atom stereocenters. The van der Waals surface area contributed by atoms with Crippen molar-refractivity contribution in [2.24, 2.45) is 0 Å². The molecule has 25 heavy (non-hydrogen) atoms. The maximum absolute atomic E-state index is 12.7. The summed E-state index contributed by atoms with van der Waals surface area (Å²) >= 11 is 11.9. The van der Waals surface area contributed by atoms with Crippen LogP contribution in [0.4, 0.5) is 5.69 Å². The van der Waals surface area contributed by atoms with E-state index in [1.807, 2.05) is 0 Å². The number of nitrogens with one attached hydrogen (secondary N) is 1. The largest absolute Gasteiger partial charge is 0.387 e. The minimum atomic E-state index is -0.660. The van der Waals surface area contributed by atoms with Gasteiger partial charge in [-0.3, -0.25) is 14.2 Å². The Balaban J connectivity index is 1.98. The van der Waals surface area contributed by atoms with E-state index < -0.39 is 12.5 Å². The number of aliphatic hydroxyl groups is 1. The number of nitrogens with zero attached hydrogens (tertiary/aromatic N) is 3. The number of aromatic nitrogens is 3. The molecule has 0 aliphatic rings. The van der Waals surface area contributed by atoms with Crippen molar-refractivity contribution in [3.8, 4) is 0 Å². The van der Waals surface area contributed by atoms with Crippen LogP contribution in [0.5, 0.6) is 0 Å². The van der Waals surface area contributed by atoms with Crippen molar-refractivity contribution < 1.29 is 9.90 Å². The predicted molar refractivity (Wildman–Crippen MR) is 95.1 cm³/mol. The molecule has 0 spiro atoms. The number of benzene rings is 1. The first-order valence-electron chi connectivity index (χ1n) is 7.18. The average Bonchev–Trinajstić information content (AvgIpc) is 2.61. The monoisotopic (exact) mass is 378 g/mol. The fraction of sp³-hybridized carbons (Fsp3) is 0.125. The first kappa shape index (κ1) is 17.3. The number of anilines is 1. The van der Waals surface area contributed by atoms with Gasteiger partial charge in [0.05, 0.1) is 33.9 Å². The molecule has 2 heterocycles. The van der Waals surface area contributed by atoms with Crippen LogP contribution >= 0.6 is 23.2 Å². The Morgan fingerprint density at radius 2 is 2.00 bits per heavy atom. The quantitative estimate of drug-likeness (QED) is 0.724. The molecule has 2 N–H and O–H groups in total. The van der Waals surface area contributed by atoms with E-state index in [0.717, 1.165) is 5.56 Å². The van der Waals surface area contributed by atoms with Gasteiger partial charge in [-0.25, -0.2) is 9.97 Å². The molecule has 0 bridgehead atoms. The van der Waals surface area contributed by atoms with E-state index in [2.05, 4.69) is 15.3 Å². The number of pyridine rings is 1. The van der Waals surface area contributed by atoms with E-state index in [-0.39, 0.29) is 23.1 Å². The van der Waals surface area contributed by atoms with Crippen molar-refractivity contribution in [2.45, 2.75) is 6.54 Å². The third-order valence-corrected chi connectivity index (χ3v) is 4.18. The molecule has 128 valence electrons. The molecular weight excluding hydrogens is 367 g/mol. The lowest BCUT2D eigenvalue weighted by atomic mass is 10.2. The summed E-state index contributed by atoms with van der Waals surface area (Å²) in [5.74, 6) is -0.596. The third-order valence-electron chi connectivity index (χ3n) is 3.44. The highest BCUT2D eigenvalue weighted by Crippen LogP contribution is 2.22. The summed E-state index contributed by atoms with van der Waals surface area (Å²) in [6.07, 6.45) is 2.76. The molecule has 0 aliphatic carbocycles. The fourth-order valence-electron chi connectivity index (χ4n) is 2.27. The van der Waals surface area contributed by atoms with Gasteiger partial charge in [0.25, 0.3) is 5.56 Å². The van der Waals surface area contributed by atoms with E-state index in [0.29, 0.717) is 15.7 Å². The number of halogens is 2. The zero-order valence-corrected chi connectivity index (χ0v) is 14.3. The van der Waals surface area contributed by atoms with Crippen LogP contribution in [0.3, 0.4) is 0 Å². The third kappa shape index (κ3) is 3.79. The van der Waals surface area contributed by atoms with E-state index in [4.69, 9.17) is 28.3 Å². The van der Waals surface area contributed by atoms with Crippen molar-refractivity contribution in [2.75, 3.05) is 11.9 Å². The number of hydrogen-bond acceptors (Lipinski definition) is 5. The molecule has 1 amide bonds. The summed E-state index contributed by atoms with van der Waals surface area (Å²) in [7, 11) is 0. The van der Waals surface area contributed by atoms with Crippen molar-refractivity contribution in [3.05, 3.63) is 62.8 Å². The summed E-state index contributed by atoms with van der Waals surface area (Å²) in [6.45, 7) is -0.404. The number of rotatable bonds is 4. The van der Waals surface area contributed by atoms with Crippen LogP contribution in [0, 0.1) is 0 Å². The Kier molecular flexibility index (Phi) is 4.98. The van der Waals surface area contributed by atoms with Gasteiger partial charge in [0.1, 0.15) is 12.9 Å². The number of carbonyl (C=O) groups excluding carboxylic acids is 1. The molecule has 3 rings (SSSR count). The van der Waals surface area contributed by atoms with Crippen LogP contribution in [-0.4, -0.2) is 32.2 Å². The van der Waals surface area contributed by atoms with Crippen LogP contribution in [0.2, 0.25) is 10.0 Å². The van der Waals surface area contributed by atoms with E-state index in [9.17, 15) is 9.59 Å². The molecule has 0 radical (unpaired) electrons. The van der Waals surface area contributed by atoms with Crippen LogP contribution in [-0.2, 0) is 11.3 Å². The Hall–Kier alpha value is -2.48. The van der Waals surface area contributed by atoms with Gasteiger partial charge in [-0.2, -0.15) is 0 Å². The summed E-state index contributed by atoms with van der Waals surface area (Å²) < 4.78 is 1.40. The molecule has 0 fully saturated rings. The molecular formula is C16H12Cl2N4O3. The molecule has 3 aromatic rings. The first-order valence-corrected chi connectivity index (χ1v) is 7.93. The molecule has 0 aliphatic heterocycles. The second kappa shape index (κ2) is 7.18. The van der Waals surface area contributed by atoms with Gasteiger partial charge in [0, 0.05) is 0 Å². The molecule has 1 aromatic carbocycles. The lowest BCUT2D eigenvalue weighted by molar-refractivity contribution is -0.118. The number of carbonyl (C=O) groups is 1. The molecule has 9 heteroatoms. The minimum absolute atomic E-state index is 0.248. The van der Waals surface area contributed by atoms with Crippen molar-refractivity contribution in [1.82, 2.24) is 14.5 Å². The zero-order valence-electron chi connectivity index (χ0n) is 12.7. The second-order valence-electron chi connectivity index (χ2n) is 5.23. The number of amides is 1. The van der Waals surface area contributed by atoms with Gasteiger partial charge in [0.2, 0.25) is 5.91 Å². The lowest BCUT2D eigenvalue weighted by Gasteiger charge is -2.08. The average molecular weight is 379 g/mol. The van der Waals surface area contributed by atoms with Crippen molar-refractivity contribution >= 4 is 45.8 Å². The van der Waals surface area contributed by atoms with Gasteiger partial charge < -0.3 is 10.4 Å². The Morgan fingerprint density at radius 1 is 1.20 bits per heavy atom. The number of aliphatic hydroxyl groups excluding tert-OH is 1. The molecule has 7 nitrogen and oxygen atoms in total. The van der Waals surface area contributed by atoms with Crippen LogP contribution in [0.1, 0.15) is 5.56 Å². The smallest absolute Gasteiger partial charge is 0.263 e. The van der Waals surface area contributed by atoms with Crippen molar-refractivity contribution in [1.29, 1.82) is 0 Å². The summed E-state index contributed by atoms with van der Waals surface area (Å²) in [5, 5.41) is 12.3. The molecule has 0 atom stereocenters. The fourth-order valence-corrected chi connectivity index (χ4v) is 2.59. The second-order valence-corrected chi connectivity index (χ2v) is 6.04. The summed E-state index contributed by atoms with van der Waals surface area (Å²) in [6, 6.07) is 6.57. The normalized spacial score (nSPS) is 10.8. The SMILES string of the molecule is O=C(CO)Nc1cnc2ncn(Cc3ccc(Cl)c(Cl)c3)c(=O)c2c1. The molecule has 0 saturated carbocycles. The van der Waals surface area contributed by atoms with Gasteiger partial charge in [-0.15, -0.1) is 0 Å². The lowest BCUT2D eigenvalue weighted by Crippen LogP contribution is -2.22. The first-order chi connectivity index (χ1) is 12.0. The van der Waals surface area contributed by atoms with Gasteiger partial charge in [-0.1, -0.05) is 29.3 Å². The standard InChI is InChI=1S/C16H12Cl2N4O3/c17-12-2-1-9(3-13(12)18)6-22-8-20-15-11(16(22)25)4-10(5-19-15)21-14(24)7-23/h1-5,8,23H,6-7H2,(H,21,24). The highest BCUT2D eigenvalue weighted by atomic mass is 35.5. The summed E-state index contributed by atoms with van der Waals surface area (Å²) in [4.78, 5) is 32.1. The number of hydrogen-bond donors (Lipinski definition) is 2. The van der Waals surface area contributed by atoms with Crippen LogP contribution in [0.25, 0.3) is 11.0 Å². The highest BCUT2D eigenvalue weighted by molar-refractivity contribution is 6.42. The summed E-state index contributed by atoms with van der Waals surface area (Å²) in [5.41, 5.74) is 1.04. The maximum Gasteiger partial charge on any atom is 0.263 e. The highest BCUT2D eigenvalue weighted by Gasteiger charge is 2.09. The van der Waals surface area contributed by atoms with Crippen molar-refractivity contribution in [3.63, 3.8) is 0 Å². The van der Waals surface area contributed by atoms with Gasteiger partial charge in [0.15, 0.2) is 5.65 Å². The zero-order chi connectivity index (χ0) is 18.0. The topological polar surface area (TPSA) is 97.1 Å². The molecule has 0 saturated heterocycles. The van der Waals surface area contributed by atoms with E-state index in [1.165, 1.54) is 23.2 Å². The van der Waals surface area contributed by atoms with Gasteiger partial charge >= 0.3 is 0 Å². The van der Waals surface area contributed by atoms with E-state index in [1.54, 1.807) is 18.2 Å².